The van der Waals surface area contributed by atoms with Gasteiger partial charge in [0.05, 0.1) is 5.52 Å². The number of rotatable bonds is 4. The summed E-state index contributed by atoms with van der Waals surface area (Å²) in [6, 6.07) is 9.51. The minimum atomic E-state index is 0.135. The van der Waals surface area contributed by atoms with Crippen LogP contribution in [0.4, 0.5) is 0 Å². The van der Waals surface area contributed by atoms with Crippen LogP contribution >= 0.6 is 0 Å². The molecule has 1 unspecified atom stereocenters. The van der Waals surface area contributed by atoms with Gasteiger partial charge in [0, 0.05) is 23.6 Å². The molecule has 17 heavy (non-hydrogen) atoms. The predicted octanol–water partition coefficient (Wildman–Crippen LogP) is 2.40. The van der Waals surface area contributed by atoms with Gasteiger partial charge in [0.1, 0.15) is 0 Å². The van der Waals surface area contributed by atoms with Crippen molar-refractivity contribution in [3.8, 4) is 0 Å². The van der Waals surface area contributed by atoms with E-state index in [1.54, 1.807) is 6.20 Å². The molecule has 1 heterocycles. The predicted molar refractivity (Wildman–Crippen MR) is 68.9 cm³/mol. The molecule has 0 radical (unpaired) electrons. The van der Waals surface area contributed by atoms with Crippen LogP contribution in [-0.4, -0.2) is 17.3 Å². The number of nitrogens with two attached hydrogens (primary N) is 1. The molecular weight excluding hydrogens is 212 g/mol. The van der Waals surface area contributed by atoms with Gasteiger partial charge in [-0.05, 0) is 24.6 Å². The first-order valence-corrected chi connectivity index (χ1v) is 5.78. The average molecular weight is 228 g/mol. The van der Waals surface area contributed by atoms with Gasteiger partial charge in [-0.2, -0.15) is 0 Å². The van der Waals surface area contributed by atoms with Gasteiger partial charge in [-0.15, -0.1) is 0 Å². The smallest absolute Gasteiger partial charge is 0.163 e. The zero-order chi connectivity index (χ0) is 12.3. The molecule has 1 atom stereocenters. The lowest BCUT2D eigenvalue weighted by Crippen LogP contribution is -2.15. The highest BCUT2D eigenvalue weighted by Gasteiger charge is 2.10. The van der Waals surface area contributed by atoms with Crippen molar-refractivity contribution in [2.75, 3.05) is 6.54 Å². The van der Waals surface area contributed by atoms with Gasteiger partial charge in [0.2, 0.25) is 0 Å². The van der Waals surface area contributed by atoms with E-state index in [2.05, 4.69) is 4.98 Å². The van der Waals surface area contributed by atoms with Gasteiger partial charge in [-0.1, -0.05) is 25.1 Å². The first-order chi connectivity index (χ1) is 8.20. The summed E-state index contributed by atoms with van der Waals surface area (Å²) >= 11 is 0. The van der Waals surface area contributed by atoms with Gasteiger partial charge >= 0.3 is 0 Å². The Morgan fingerprint density at radius 1 is 1.41 bits per heavy atom. The molecule has 0 fully saturated rings. The molecule has 0 aliphatic carbocycles. The summed E-state index contributed by atoms with van der Waals surface area (Å²) in [5.74, 6) is 0.359. The number of hydrogen-bond acceptors (Lipinski definition) is 3. The van der Waals surface area contributed by atoms with Crippen LogP contribution in [0.25, 0.3) is 10.9 Å². The van der Waals surface area contributed by atoms with Gasteiger partial charge < -0.3 is 5.73 Å². The van der Waals surface area contributed by atoms with Crippen molar-refractivity contribution in [3.63, 3.8) is 0 Å². The lowest BCUT2D eigenvalue weighted by atomic mass is 9.99. The number of aromatic nitrogens is 1. The standard InChI is InChI=1S/C14H16N2O/c1-10(9-15)7-14(17)12-5-4-11-3-2-6-16-13(11)8-12/h2-6,8,10H,7,9,15H2,1H3. The summed E-state index contributed by atoms with van der Waals surface area (Å²) in [5.41, 5.74) is 7.10. The Morgan fingerprint density at radius 3 is 3.00 bits per heavy atom. The van der Waals surface area contributed by atoms with Crippen molar-refractivity contribution in [3.05, 3.63) is 42.1 Å². The van der Waals surface area contributed by atoms with Gasteiger partial charge in [-0.3, -0.25) is 9.78 Å². The molecule has 1 aromatic carbocycles. The van der Waals surface area contributed by atoms with Crippen molar-refractivity contribution in [1.29, 1.82) is 0 Å². The molecule has 3 nitrogen and oxygen atoms in total. The maximum absolute atomic E-state index is 12.0. The molecular formula is C14H16N2O. The van der Waals surface area contributed by atoms with Crippen molar-refractivity contribution >= 4 is 16.7 Å². The van der Waals surface area contributed by atoms with Crippen molar-refractivity contribution in [2.45, 2.75) is 13.3 Å². The quantitative estimate of drug-likeness (QED) is 0.817. The third-order valence-electron chi connectivity index (χ3n) is 2.86. The molecule has 0 spiro atoms. The van der Waals surface area contributed by atoms with E-state index in [0.717, 1.165) is 16.5 Å². The van der Waals surface area contributed by atoms with Crippen LogP contribution in [0, 0.1) is 5.92 Å². The summed E-state index contributed by atoms with van der Waals surface area (Å²) in [7, 11) is 0. The molecule has 2 rings (SSSR count). The zero-order valence-corrected chi connectivity index (χ0v) is 9.89. The highest BCUT2D eigenvalue weighted by molar-refractivity contribution is 5.99. The fourth-order valence-electron chi connectivity index (χ4n) is 1.76. The molecule has 2 N–H and O–H groups in total. The number of carbonyl (C=O) groups excluding carboxylic acids is 1. The number of benzene rings is 1. The van der Waals surface area contributed by atoms with E-state index in [1.165, 1.54) is 0 Å². The van der Waals surface area contributed by atoms with Crippen LogP contribution in [0.3, 0.4) is 0 Å². The van der Waals surface area contributed by atoms with E-state index in [0.29, 0.717) is 13.0 Å². The van der Waals surface area contributed by atoms with Crippen LogP contribution in [-0.2, 0) is 0 Å². The van der Waals surface area contributed by atoms with Crippen LogP contribution < -0.4 is 5.73 Å². The van der Waals surface area contributed by atoms with E-state index < -0.39 is 0 Å². The van der Waals surface area contributed by atoms with Gasteiger partial charge in [0.25, 0.3) is 0 Å². The minimum Gasteiger partial charge on any atom is -0.330 e. The Morgan fingerprint density at radius 2 is 2.24 bits per heavy atom. The summed E-state index contributed by atoms with van der Waals surface area (Å²) in [4.78, 5) is 16.2. The maximum atomic E-state index is 12.0. The lowest BCUT2D eigenvalue weighted by molar-refractivity contribution is 0.0966. The Labute approximate surface area is 101 Å². The highest BCUT2D eigenvalue weighted by Crippen LogP contribution is 2.16. The number of carbonyl (C=O) groups is 1. The van der Waals surface area contributed by atoms with Crippen LogP contribution in [0.15, 0.2) is 36.5 Å². The summed E-state index contributed by atoms with van der Waals surface area (Å²) < 4.78 is 0. The second kappa shape index (κ2) is 5.06. The second-order valence-electron chi connectivity index (χ2n) is 4.38. The monoisotopic (exact) mass is 228 g/mol. The molecule has 0 saturated heterocycles. The second-order valence-corrected chi connectivity index (χ2v) is 4.38. The topological polar surface area (TPSA) is 56.0 Å². The molecule has 0 amide bonds. The SMILES string of the molecule is CC(CN)CC(=O)c1ccc2cccnc2c1. The van der Waals surface area contributed by atoms with Crippen molar-refractivity contribution < 1.29 is 4.79 Å². The number of nitrogens with zero attached hydrogens (tertiary/aromatic N) is 1. The number of pyridine rings is 1. The minimum absolute atomic E-state index is 0.135. The fraction of sp³-hybridized carbons (Fsp3) is 0.286. The summed E-state index contributed by atoms with van der Waals surface area (Å²) in [6.45, 7) is 2.52. The van der Waals surface area contributed by atoms with Crippen LogP contribution in [0.2, 0.25) is 0 Å². The normalized spacial score (nSPS) is 12.6. The van der Waals surface area contributed by atoms with Gasteiger partial charge in [-0.25, -0.2) is 0 Å². The van der Waals surface area contributed by atoms with E-state index in [4.69, 9.17) is 5.73 Å². The highest BCUT2D eigenvalue weighted by atomic mass is 16.1. The van der Waals surface area contributed by atoms with E-state index in [1.807, 2.05) is 37.3 Å². The molecule has 1 aromatic heterocycles. The lowest BCUT2D eigenvalue weighted by Gasteiger charge is -2.07. The first-order valence-electron chi connectivity index (χ1n) is 5.78. The van der Waals surface area contributed by atoms with E-state index >= 15 is 0 Å². The van der Waals surface area contributed by atoms with Gasteiger partial charge in [0.15, 0.2) is 5.78 Å². The fourth-order valence-corrected chi connectivity index (χ4v) is 1.76. The van der Waals surface area contributed by atoms with Crippen molar-refractivity contribution in [2.24, 2.45) is 11.7 Å². The molecule has 88 valence electrons. The average Bonchev–Trinajstić information content (AvgIpc) is 2.38. The largest absolute Gasteiger partial charge is 0.330 e. The molecule has 0 bridgehead atoms. The van der Waals surface area contributed by atoms with E-state index in [9.17, 15) is 4.79 Å². The Kier molecular flexibility index (Phi) is 3.49. The Bertz CT molecular complexity index is 536. The Balaban J connectivity index is 2.27. The zero-order valence-electron chi connectivity index (χ0n) is 9.89. The summed E-state index contributed by atoms with van der Waals surface area (Å²) in [5, 5.41) is 1.05. The number of Topliss-reactive ketones (excluding diaryl/α,β-unsaturated/α-hetero) is 1. The molecule has 0 aliphatic rings. The van der Waals surface area contributed by atoms with Crippen molar-refractivity contribution in [1.82, 2.24) is 4.98 Å². The number of hydrogen-bond donors (Lipinski definition) is 1. The first kappa shape index (κ1) is 11.7. The Hall–Kier alpha value is -1.74. The van der Waals surface area contributed by atoms with E-state index in [-0.39, 0.29) is 11.7 Å². The molecule has 3 heteroatoms. The van der Waals surface area contributed by atoms with Crippen LogP contribution in [0.1, 0.15) is 23.7 Å². The number of ketones is 1. The summed E-state index contributed by atoms with van der Waals surface area (Å²) in [6.07, 6.45) is 2.23. The maximum Gasteiger partial charge on any atom is 0.163 e. The number of fused-ring (bicyclic) bond motifs is 1. The molecule has 0 aliphatic heterocycles. The third-order valence-corrected chi connectivity index (χ3v) is 2.86. The third kappa shape index (κ3) is 2.68. The molecule has 2 aromatic rings. The van der Waals surface area contributed by atoms with Crippen LogP contribution in [0.5, 0.6) is 0 Å². The molecule has 0 saturated carbocycles.